The lowest BCUT2D eigenvalue weighted by atomic mass is 10.0. The monoisotopic (exact) mass is 514 g/mol. The van der Waals surface area contributed by atoms with Crippen LogP contribution in [0.1, 0.15) is 64.3 Å². The largest absolute Gasteiger partial charge is 0.494 e. The van der Waals surface area contributed by atoms with E-state index in [9.17, 15) is 9.59 Å². The highest BCUT2D eigenvalue weighted by atomic mass is 32.1. The minimum atomic E-state index is -0.370. The van der Waals surface area contributed by atoms with E-state index in [0.717, 1.165) is 59.9 Å². The molecule has 1 aliphatic carbocycles. The number of hydrogen-bond acceptors (Lipinski definition) is 6. The number of thiophene rings is 1. The number of pyridine rings is 1. The summed E-state index contributed by atoms with van der Waals surface area (Å²) >= 11 is 1.50. The van der Waals surface area contributed by atoms with Crippen LogP contribution in [0.3, 0.4) is 0 Å². The average molecular weight is 515 g/mol. The Morgan fingerprint density at radius 3 is 2.65 bits per heavy atom. The molecule has 1 amide bonds. The minimum absolute atomic E-state index is 0.275. The molecule has 37 heavy (non-hydrogen) atoms. The number of hydrogen-bond donors (Lipinski definition) is 1. The number of carbonyl (C=O) groups is 2. The minimum Gasteiger partial charge on any atom is -0.494 e. The quantitative estimate of drug-likeness (QED) is 0.211. The molecule has 4 aromatic rings. The van der Waals surface area contributed by atoms with Gasteiger partial charge >= 0.3 is 5.97 Å². The van der Waals surface area contributed by atoms with Gasteiger partial charge in [0.1, 0.15) is 10.8 Å². The number of aryl methyl sites for hydroxylation is 1. The highest BCUT2D eigenvalue weighted by Crippen LogP contribution is 2.38. The van der Waals surface area contributed by atoms with E-state index in [4.69, 9.17) is 14.5 Å². The molecule has 1 aliphatic rings. The SMILES string of the molecule is CCOC(=O)c1c(NC(=O)c2cc(-c3cccc(OCC)c3)nc3ccccc23)sc2c1CCCCC2. The molecule has 0 saturated carbocycles. The molecule has 6 nitrogen and oxygen atoms in total. The number of para-hydroxylation sites is 1. The number of esters is 1. The molecule has 0 spiro atoms. The summed E-state index contributed by atoms with van der Waals surface area (Å²) in [4.78, 5) is 32.8. The van der Waals surface area contributed by atoms with Crippen LogP contribution in [-0.2, 0) is 17.6 Å². The molecular formula is C30H30N2O4S. The lowest BCUT2D eigenvalue weighted by Crippen LogP contribution is -2.16. The third-order valence-electron chi connectivity index (χ3n) is 6.53. The summed E-state index contributed by atoms with van der Waals surface area (Å²) in [6.45, 7) is 4.59. The average Bonchev–Trinajstić information content (AvgIpc) is 3.08. The summed E-state index contributed by atoms with van der Waals surface area (Å²) in [5.74, 6) is 0.105. The first-order valence-corrected chi connectivity index (χ1v) is 13.7. The van der Waals surface area contributed by atoms with E-state index in [-0.39, 0.29) is 18.5 Å². The lowest BCUT2D eigenvalue weighted by Gasteiger charge is -2.12. The molecule has 0 unspecified atom stereocenters. The second kappa shape index (κ2) is 11.1. The van der Waals surface area contributed by atoms with Crippen molar-refractivity contribution in [3.63, 3.8) is 0 Å². The van der Waals surface area contributed by atoms with Crippen molar-refractivity contribution in [3.8, 4) is 17.0 Å². The zero-order chi connectivity index (χ0) is 25.8. The number of benzene rings is 2. The molecular weight excluding hydrogens is 484 g/mol. The molecule has 190 valence electrons. The second-order valence-corrected chi connectivity index (χ2v) is 10.1. The normalized spacial score (nSPS) is 13.0. The number of fused-ring (bicyclic) bond motifs is 2. The molecule has 7 heteroatoms. The van der Waals surface area contributed by atoms with Crippen LogP contribution in [0.5, 0.6) is 5.75 Å². The van der Waals surface area contributed by atoms with Crippen molar-refractivity contribution in [2.75, 3.05) is 18.5 Å². The van der Waals surface area contributed by atoms with E-state index in [2.05, 4.69) is 5.32 Å². The number of nitrogens with zero attached hydrogens (tertiary/aromatic N) is 1. The molecule has 5 rings (SSSR count). The van der Waals surface area contributed by atoms with Gasteiger partial charge in [-0.3, -0.25) is 4.79 Å². The predicted molar refractivity (Wildman–Crippen MR) is 148 cm³/mol. The Hall–Kier alpha value is -3.71. The van der Waals surface area contributed by atoms with Gasteiger partial charge < -0.3 is 14.8 Å². The molecule has 1 N–H and O–H groups in total. The first kappa shape index (κ1) is 25.0. The number of amides is 1. The van der Waals surface area contributed by atoms with E-state index < -0.39 is 0 Å². The Balaban J connectivity index is 1.56. The summed E-state index contributed by atoms with van der Waals surface area (Å²) in [6, 6.07) is 17.1. The summed E-state index contributed by atoms with van der Waals surface area (Å²) in [6.07, 6.45) is 5.00. The zero-order valence-corrected chi connectivity index (χ0v) is 22.0. The van der Waals surface area contributed by atoms with Gasteiger partial charge in [0, 0.05) is 15.8 Å². The highest BCUT2D eigenvalue weighted by molar-refractivity contribution is 7.17. The van der Waals surface area contributed by atoms with Gasteiger partial charge in [0.2, 0.25) is 0 Å². The van der Waals surface area contributed by atoms with Gasteiger partial charge in [-0.1, -0.05) is 36.8 Å². The summed E-state index contributed by atoms with van der Waals surface area (Å²) < 4.78 is 11.1. The zero-order valence-electron chi connectivity index (χ0n) is 21.1. The molecule has 0 radical (unpaired) electrons. The van der Waals surface area contributed by atoms with Gasteiger partial charge in [0.15, 0.2) is 0 Å². The fraction of sp³-hybridized carbons (Fsp3) is 0.300. The van der Waals surface area contributed by atoms with E-state index in [1.807, 2.05) is 61.5 Å². The van der Waals surface area contributed by atoms with Crippen molar-refractivity contribution in [3.05, 3.63) is 76.2 Å². The van der Waals surface area contributed by atoms with Crippen molar-refractivity contribution in [1.82, 2.24) is 4.98 Å². The Morgan fingerprint density at radius 2 is 1.81 bits per heavy atom. The molecule has 2 heterocycles. The van der Waals surface area contributed by atoms with Crippen LogP contribution in [-0.4, -0.2) is 30.1 Å². The van der Waals surface area contributed by atoms with Crippen molar-refractivity contribution >= 4 is 39.1 Å². The Morgan fingerprint density at radius 1 is 0.973 bits per heavy atom. The van der Waals surface area contributed by atoms with Crippen LogP contribution in [0.25, 0.3) is 22.2 Å². The van der Waals surface area contributed by atoms with Gasteiger partial charge in [-0.05, 0) is 69.4 Å². The Kier molecular flexibility index (Phi) is 7.51. The number of rotatable bonds is 7. The molecule has 0 fully saturated rings. The van der Waals surface area contributed by atoms with Crippen LogP contribution in [0.15, 0.2) is 54.6 Å². The maximum atomic E-state index is 13.8. The van der Waals surface area contributed by atoms with Gasteiger partial charge in [-0.15, -0.1) is 11.3 Å². The van der Waals surface area contributed by atoms with Crippen molar-refractivity contribution in [2.24, 2.45) is 0 Å². The molecule has 0 atom stereocenters. The van der Waals surface area contributed by atoms with Crippen molar-refractivity contribution in [1.29, 1.82) is 0 Å². The maximum absolute atomic E-state index is 13.8. The van der Waals surface area contributed by atoms with Gasteiger partial charge in [-0.2, -0.15) is 0 Å². The molecule has 0 aliphatic heterocycles. The van der Waals surface area contributed by atoms with E-state index in [1.165, 1.54) is 16.2 Å². The van der Waals surface area contributed by atoms with Crippen LogP contribution in [0, 0.1) is 0 Å². The molecule has 2 aromatic carbocycles. The van der Waals surface area contributed by atoms with E-state index in [1.54, 1.807) is 6.92 Å². The van der Waals surface area contributed by atoms with E-state index >= 15 is 0 Å². The van der Waals surface area contributed by atoms with Gasteiger partial charge in [0.05, 0.1) is 35.6 Å². The Bertz CT molecular complexity index is 1460. The summed E-state index contributed by atoms with van der Waals surface area (Å²) in [5, 5.41) is 4.39. The predicted octanol–water partition coefficient (Wildman–Crippen LogP) is 7.06. The number of carbonyl (C=O) groups excluding carboxylic acids is 2. The van der Waals surface area contributed by atoms with Crippen molar-refractivity contribution in [2.45, 2.75) is 46.0 Å². The number of aromatic nitrogens is 1. The first-order valence-electron chi connectivity index (χ1n) is 12.8. The lowest BCUT2D eigenvalue weighted by molar-refractivity contribution is 0.0527. The highest BCUT2D eigenvalue weighted by Gasteiger charge is 2.27. The summed E-state index contributed by atoms with van der Waals surface area (Å²) in [7, 11) is 0. The smallest absolute Gasteiger partial charge is 0.341 e. The van der Waals surface area contributed by atoms with Crippen LogP contribution in [0.4, 0.5) is 5.00 Å². The van der Waals surface area contributed by atoms with Crippen LogP contribution in [0.2, 0.25) is 0 Å². The second-order valence-electron chi connectivity index (χ2n) is 8.98. The Labute approximate surface area is 220 Å². The number of nitrogens with one attached hydrogen (secondary N) is 1. The third kappa shape index (κ3) is 5.23. The third-order valence-corrected chi connectivity index (χ3v) is 7.74. The standard InChI is InChI=1S/C30H30N2O4S/c1-3-35-20-12-10-11-19(17-20)25-18-23(21-13-8-9-15-24(21)31-25)28(33)32-29-27(30(34)36-4-2)22-14-6-5-7-16-26(22)37-29/h8-13,15,17-18H,3-7,14,16H2,1-2H3,(H,32,33). The van der Waals surface area contributed by atoms with Crippen LogP contribution >= 0.6 is 11.3 Å². The fourth-order valence-electron chi connectivity index (χ4n) is 4.84. The first-order chi connectivity index (χ1) is 18.1. The van der Waals surface area contributed by atoms with E-state index in [0.29, 0.717) is 28.4 Å². The fourth-order valence-corrected chi connectivity index (χ4v) is 6.12. The number of ether oxygens (including phenoxy) is 2. The van der Waals surface area contributed by atoms with Gasteiger partial charge in [-0.25, -0.2) is 9.78 Å². The summed E-state index contributed by atoms with van der Waals surface area (Å²) in [5.41, 5.74) is 4.31. The topological polar surface area (TPSA) is 77.5 Å². The maximum Gasteiger partial charge on any atom is 0.341 e. The molecule has 0 saturated heterocycles. The van der Waals surface area contributed by atoms with Gasteiger partial charge in [0.25, 0.3) is 5.91 Å². The molecule has 0 bridgehead atoms. The molecule has 2 aromatic heterocycles. The number of anilines is 1. The van der Waals surface area contributed by atoms with Crippen molar-refractivity contribution < 1.29 is 19.1 Å². The van der Waals surface area contributed by atoms with Crippen LogP contribution < -0.4 is 10.1 Å².